The van der Waals surface area contributed by atoms with Gasteiger partial charge in [0, 0.05) is 17.5 Å². The number of amides is 1. The SMILES string of the molecule is C[C@@H]1C[C@@H]1C(=O)NCc1ccccc1Cl. The highest BCUT2D eigenvalue weighted by Crippen LogP contribution is 2.37. The molecule has 0 unspecified atom stereocenters. The second kappa shape index (κ2) is 4.23. The van der Waals surface area contributed by atoms with Crippen LogP contribution in [0.1, 0.15) is 18.9 Å². The minimum absolute atomic E-state index is 0.155. The van der Waals surface area contributed by atoms with Gasteiger partial charge in [-0.2, -0.15) is 0 Å². The lowest BCUT2D eigenvalue weighted by Gasteiger charge is -2.06. The van der Waals surface area contributed by atoms with Crippen LogP contribution in [-0.4, -0.2) is 5.91 Å². The fourth-order valence-electron chi connectivity index (χ4n) is 1.64. The van der Waals surface area contributed by atoms with E-state index in [-0.39, 0.29) is 11.8 Å². The Hall–Kier alpha value is -1.02. The third-order valence-electron chi connectivity index (χ3n) is 2.86. The Morgan fingerprint density at radius 2 is 2.20 bits per heavy atom. The largest absolute Gasteiger partial charge is 0.352 e. The summed E-state index contributed by atoms with van der Waals surface area (Å²) in [6, 6.07) is 7.57. The van der Waals surface area contributed by atoms with Crippen molar-refractivity contribution in [3.8, 4) is 0 Å². The van der Waals surface area contributed by atoms with Gasteiger partial charge in [0.15, 0.2) is 0 Å². The highest BCUT2D eigenvalue weighted by Gasteiger charge is 2.38. The zero-order valence-corrected chi connectivity index (χ0v) is 9.42. The topological polar surface area (TPSA) is 29.1 Å². The highest BCUT2D eigenvalue weighted by molar-refractivity contribution is 6.31. The molecule has 0 aromatic heterocycles. The third-order valence-corrected chi connectivity index (χ3v) is 3.23. The zero-order valence-electron chi connectivity index (χ0n) is 8.66. The van der Waals surface area contributed by atoms with Crippen LogP contribution in [-0.2, 0) is 11.3 Å². The van der Waals surface area contributed by atoms with Crippen molar-refractivity contribution in [3.05, 3.63) is 34.9 Å². The van der Waals surface area contributed by atoms with Gasteiger partial charge < -0.3 is 5.32 Å². The second-order valence-electron chi connectivity index (χ2n) is 4.13. The monoisotopic (exact) mass is 223 g/mol. The van der Waals surface area contributed by atoms with Gasteiger partial charge in [0.25, 0.3) is 0 Å². The van der Waals surface area contributed by atoms with E-state index in [4.69, 9.17) is 11.6 Å². The highest BCUT2D eigenvalue weighted by atomic mass is 35.5. The minimum Gasteiger partial charge on any atom is -0.352 e. The lowest BCUT2D eigenvalue weighted by molar-refractivity contribution is -0.122. The molecule has 0 radical (unpaired) electrons. The predicted octanol–water partition coefficient (Wildman–Crippen LogP) is 2.61. The molecule has 1 aliphatic carbocycles. The molecule has 1 saturated carbocycles. The maximum Gasteiger partial charge on any atom is 0.223 e. The van der Waals surface area contributed by atoms with Crippen LogP contribution in [0.3, 0.4) is 0 Å². The van der Waals surface area contributed by atoms with E-state index < -0.39 is 0 Å². The summed E-state index contributed by atoms with van der Waals surface area (Å²) in [7, 11) is 0. The van der Waals surface area contributed by atoms with Crippen LogP contribution in [0.2, 0.25) is 5.02 Å². The van der Waals surface area contributed by atoms with Gasteiger partial charge in [0.05, 0.1) is 0 Å². The molecule has 2 rings (SSSR count). The van der Waals surface area contributed by atoms with Crippen molar-refractivity contribution in [1.29, 1.82) is 0 Å². The number of carbonyl (C=O) groups excluding carboxylic acids is 1. The van der Waals surface area contributed by atoms with Gasteiger partial charge in [-0.05, 0) is 24.0 Å². The quantitative estimate of drug-likeness (QED) is 0.839. The molecule has 80 valence electrons. The van der Waals surface area contributed by atoms with E-state index in [1.807, 2.05) is 24.3 Å². The van der Waals surface area contributed by atoms with Crippen molar-refractivity contribution in [1.82, 2.24) is 5.32 Å². The Kier molecular flexibility index (Phi) is 2.96. The molecule has 0 bridgehead atoms. The molecule has 3 heteroatoms. The Bertz CT molecular complexity index is 378. The van der Waals surface area contributed by atoms with Crippen molar-refractivity contribution in [2.75, 3.05) is 0 Å². The summed E-state index contributed by atoms with van der Waals surface area (Å²) in [4.78, 5) is 11.5. The fraction of sp³-hybridized carbons (Fsp3) is 0.417. The molecule has 1 amide bonds. The lowest BCUT2D eigenvalue weighted by atomic mass is 10.2. The van der Waals surface area contributed by atoms with Crippen LogP contribution < -0.4 is 5.32 Å². The van der Waals surface area contributed by atoms with E-state index in [0.717, 1.165) is 12.0 Å². The molecule has 1 N–H and O–H groups in total. The van der Waals surface area contributed by atoms with Gasteiger partial charge in [-0.1, -0.05) is 36.7 Å². The van der Waals surface area contributed by atoms with Gasteiger partial charge >= 0.3 is 0 Å². The fourth-order valence-corrected chi connectivity index (χ4v) is 1.85. The smallest absolute Gasteiger partial charge is 0.223 e. The zero-order chi connectivity index (χ0) is 10.8. The molecule has 0 aliphatic heterocycles. The molecule has 1 aromatic rings. The average Bonchev–Trinajstić information content (AvgIpc) is 2.94. The van der Waals surface area contributed by atoms with Gasteiger partial charge in [-0.25, -0.2) is 0 Å². The van der Waals surface area contributed by atoms with Crippen LogP contribution in [0.15, 0.2) is 24.3 Å². The van der Waals surface area contributed by atoms with Crippen molar-refractivity contribution in [3.63, 3.8) is 0 Å². The molecule has 0 saturated heterocycles. The van der Waals surface area contributed by atoms with Crippen LogP contribution in [0, 0.1) is 11.8 Å². The summed E-state index contributed by atoms with van der Waals surface area (Å²) in [5.74, 6) is 0.936. The van der Waals surface area contributed by atoms with E-state index in [2.05, 4.69) is 12.2 Å². The van der Waals surface area contributed by atoms with Crippen LogP contribution in [0.5, 0.6) is 0 Å². The van der Waals surface area contributed by atoms with Crippen LogP contribution >= 0.6 is 11.6 Å². The van der Waals surface area contributed by atoms with Crippen molar-refractivity contribution in [2.24, 2.45) is 11.8 Å². The molecule has 2 nitrogen and oxygen atoms in total. The number of hydrogen-bond donors (Lipinski definition) is 1. The molecular weight excluding hydrogens is 210 g/mol. The molecule has 0 heterocycles. The standard InChI is InChI=1S/C12H14ClNO/c1-8-6-10(8)12(15)14-7-9-4-2-3-5-11(9)13/h2-5,8,10H,6-7H2,1H3,(H,14,15)/t8-,10+/m1/s1. The number of benzene rings is 1. The molecule has 1 aromatic carbocycles. The van der Waals surface area contributed by atoms with E-state index in [9.17, 15) is 4.79 Å². The van der Waals surface area contributed by atoms with Crippen LogP contribution in [0.4, 0.5) is 0 Å². The molecule has 1 fully saturated rings. The van der Waals surface area contributed by atoms with Crippen molar-refractivity contribution in [2.45, 2.75) is 19.9 Å². The first-order valence-electron chi connectivity index (χ1n) is 5.19. The van der Waals surface area contributed by atoms with Crippen molar-refractivity contribution < 1.29 is 4.79 Å². The number of carbonyl (C=O) groups is 1. The molecule has 15 heavy (non-hydrogen) atoms. The van der Waals surface area contributed by atoms with Gasteiger partial charge in [0.1, 0.15) is 0 Å². The van der Waals surface area contributed by atoms with Crippen molar-refractivity contribution >= 4 is 17.5 Å². The Balaban J connectivity index is 1.88. The Labute approximate surface area is 94.6 Å². The van der Waals surface area contributed by atoms with Gasteiger partial charge in [-0.3, -0.25) is 4.79 Å². The minimum atomic E-state index is 0.155. The van der Waals surface area contributed by atoms with Gasteiger partial charge in [0.2, 0.25) is 5.91 Å². The number of rotatable bonds is 3. The van der Waals surface area contributed by atoms with E-state index in [1.165, 1.54) is 0 Å². The summed E-state index contributed by atoms with van der Waals surface area (Å²) in [5.41, 5.74) is 0.973. The second-order valence-corrected chi connectivity index (χ2v) is 4.54. The number of hydrogen-bond acceptors (Lipinski definition) is 1. The molecular formula is C12H14ClNO. The Morgan fingerprint density at radius 3 is 2.80 bits per heavy atom. The molecule has 1 aliphatic rings. The summed E-state index contributed by atoms with van der Waals surface area (Å²) in [6.45, 7) is 2.63. The third kappa shape index (κ3) is 2.51. The van der Waals surface area contributed by atoms with Crippen LogP contribution in [0.25, 0.3) is 0 Å². The van der Waals surface area contributed by atoms with E-state index >= 15 is 0 Å². The number of nitrogens with one attached hydrogen (secondary N) is 1. The number of halogens is 1. The van der Waals surface area contributed by atoms with Gasteiger partial charge in [-0.15, -0.1) is 0 Å². The summed E-state index contributed by atoms with van der Waals surface area (Å²) >= 11 is 5.98. The molecule has 0 spiro atoms. The summed E-state index contributed by atoms with van der Waals surface area (Å²) in [5, 5.41) is 3.62. The first-order valence-corrected chi connectivity index (χ1v) is 5.57. The predicted molar refractivity (Wildman–Crippen MR) is 60.6 cm³/mol. The molecule has 2 atom stereocenters. The summed E-state index contributed by atoms with van der Waals surface area (Å²) < 4.78 is 0. The lowest BCUT2D eigenvalue weighted by Crippen LogP contribution is -2.24. The maximum absolute atomic E-state index is 11.5. The van der Waals surface area contributed by atoms with E-state index in [1.54, 1.807) is 0 Å². The van der Waals surface area contributed by atoms with E-state index in [0.29, 0.717) is 17.5 Å². The average molecular weight is 224 g/mol. The Morgan fingerprint density at radius 1 is 1.53 bits per heavy atom. The summed E-state index contributed by atoms with van der Waals surface area (Å²) in [6.07, 6.45) is 1.02. The normalized spacial score (nSPS) is 23.6. The maximum atomic E-state index is 11.5. The first-order chi connectivity index (χ1) is 7.18. The first kappa shape index (κ1) is 10.5.